The molecule has 1 N–H and O–H groups in total. The molecule has 2 heterocycles. The van der Waals surface area contributed by atoms with Gasteiger partial charge in [-0.05, 0) is 12.1 Å². The standard InChI is InChI=1S/C13H8BrF3N2O2S/c14-8-3-1-7(2-4-8)12(21)6-22-11-18-9(13(15,16)17)5-10(20)19(11)12/h1-5,21H,6H2. The largest absolute Gasteiger partial charge is 0.433 e. The van der Waals surface area contributed by atoms with Crippen LogP contribution in [0, 0.1) is 0 Å². The summed E-state index contributed by atoms with van der Waals surface area (Å²) in [6.07, 6.45) is -4.70. The second kappa shape index (κ2) is 5.10. The number of fused-ring (bicyclic) bond motifs is 1. The van der Waals surface area contributed by atoms with Gasteiger partial charge in [0.1, 0.15) is 0 Å². The van der Waals surface area contributed by atoms with Crippen LogP contribution in [0.25, 0.3) is 0 Å². The smallest absolute Gasteiger partial charge is 0.366 e. The summed E-state index contributed by atoms with van der Waals surface area (Å²) in [5.41, 5.74) is -3.50. The lowest BCUT2D eigenvalue weighted by molar-refractivity contribution is -0.142. The highest BCUT2D eigenvalue weighted by Crippen LogP contribution is 2.39. The Morgan fingerprint density at radius 1 is 1.32 bits per heavy atom. The lowest BCUT2D eigenvalue weighted by Gasteiger charge is -2.25. The van der Waals surface area contributed by atoms with Crippen LogP contribution < -0.4 is 5.56 Å². The van der Waals surface area contributed by atoms with Crippen molar-refractivity contribution in [1.82, 2.24) is 9.55 Å². The fourth-order valence-corrected chi connectivity index (χ4v) is 3.63. The Bertz CT molecular complexity index is 791. The molecule has 0 spiro atoms. The van der Waals surface area contributed by atoms with E-state index in [0.29, 0.717) is 11.6 Å². The zero-order valence-electron chi connectivity index (χ0n) is 10.8. The first kappa shape index (κ1) is 15.6. The van der Waals surface area contributed by atoms with Gasteiger partial charge < -0.3 is 5.11 Å². The van der Waals surface area contributed by atoms with Crippen molar-refractivity contribution in [3.05, 3.63) is 56.4 Å². The number of hydrogen-bond acceptors (Lipinski definition) is 4. The molecule has 1 aromatic heterocycles. The highest BCUT2D eigenvalue weighted by molar-refractivity contribution is 9.10. The van der Waals surface area contributed by atoms with Crippen molar-refractivity contribution in [2.24, 2.45) is 0 Å². The average Bonchev–Trinajstić information content (AvgIpc) is 2.78. The maximum Gasteiger partial charge on any atom is 0.433 e. The van der Waals surface area contributed by atoms with E-state index in [1.54, 1.807) is 24.3 Å². The summed E-state index contributed by atoms with van der Waals surface area (Å²) in [5.74, 6) is 0.0121. The highest BCUT2D eigenvalue weighted by atomic mass is 79.9. The third-order valence-corrected chi connectivity index (χ3v) is 4.86. The van der Waals surface area contributed by atoms with Crippen molar-refractivity contribution in [3.8, 4) is 0 Å². The van der Waals surface area contributed by atoms with E-state index >= 15 is 0 Å². The van der Waals surface area contributed by atoms with E-state index in [2.05, 4.69) is 20.9 Å². The van der Waals surface area contributed by atoms with Crippen molar-refractivity contribution in [1.29, 1.82) is 0 Å². The van der Waals surface area contributed by atoms with Crippen LogP contribution in [0.15, 0.2) is 44.8 Å². The number of alkyl halides is 3. The van der Waals surface area contributed by atoms with Gasteiger partial charge in [0.15, 0.2) is 16.6 Å². The average molecular weight is 393 g/mol. The second-order valence-electron chi connectivity index (χ2n) is 4.71. The van der Waals surface area contributed by atoms with Crippen LogP contribution in [-0.2, 0) is 11.9 Å². The monoisotopic (exact) mass is 392 g/mol. The molecule has 0 bridgehead atoms. The van der Waals surface area contributed by atoms with Crippen LogP contribution in [0.3, 0.4) is 0 Å². The first-order valence-corrected chi connectivity index (χ1v) is 7.83. The maximum absolute atomic E-state index is 12.7. The van der Waals surface area contributed by atoms with E-state index in [0.717, 1.165) is 20.8 Å². The SMILES string of the molecule is O=c1cc(C(F)(F)F)nc2n1C(O)(c1ccc(Br)cc1)CS2. The van der Waals surface area contributed by atoms with Gasteiger partial charge in [-0.1, -0.05) is 39.8 Å². The molecule has 0 saturated heterocycles. The molecular formula is C13H8BrF3N2O2S. The lowest BCUT2D eigenvalue weighted by Crippen LogP contribution is -2.41. The van der Waals surface area contributed by atoms with E-state index in [9.17, 15) is 23.1 Å². The zero-order valence-corrected chi connectivity index (χ0v) is 13.2. The summed E-state index contributed by atoms with van der Waals surface area (Å²) in [6, 6.07) is 6.96. The van der Waals surface area contributed by atoms with E-state index in [-0.39, 0.29) is 10.9 Å². The fraction of sp³-hybridized carbons (Fsp3) is 0.231. The molecule has 1 aliphatic heterocycles. The van der Waals surface area contributed by atoms with Crippen molar-refractivity contribution in [2.75, 3.05) is 5.75 Å². The number of aliphatic hydroxyl groups is 1. The molecule has 3 rings (SSSR count). The van der Waals surface area contributed by atoms with Crippen molar-refractivity contribution >= 4 is 27.7 Å². The number of halogens is 4. The van der Waals surface area contributed by atoms with E-state index in [1.807, 2.05) is 0 Å². The molecule has 1 aromatic carbocycles. The Morgan fingerprint density at radius 2 is 1.95 bits per heavy atom. The van der Waals surface area contributed by atoms with Gasteiger partial charge in [0.05, 0.1) is 5.75 Å². The molecule has 1 atom stereocenters. The lowest BCUT2D eigenvalue weighted by atomic mass is 10.0. The van der Waals surface area contributed by atoms with E-state index < -0.39 is 23.2 Å². The van der Waals surface area contributed by atoms with Crippen molar-refractivity contribution in [2.45, 2.75) is 17.1 Å². The third-order valence-electron chi connectivity index (χ3n) is 3.26. The molecule has 1 unspecified atom stereocenters. The minimum atomic E-state index is -4.70. The summed E-state index contributed by atoms with van der Waals surface area (Å²) in [7, 11) is 0. The number of rotatable bonds is 1. The number of benzene rings is 1. The molecule has 116 valence electrons. The first-order valence-electron chi connectivity index (χ1n) is 6.05. The summed E-state index contributed by atoms with van der Waals surface area (Å²) >= 11 is 4.16. The van der Waals surface area contributed by atoms with Crippen LogP contribution >= 0.6 is 27.7 Å². The molecule has 1 aliphatic rings. The van der Waals surface area contributed by atoms with Gasteiger partial charge in [-0.3, -0.25) is 9.36 Å². The summed E-state index contributed by atoms with van der Waals surface area (Å²) in [6.45, 7) is 0. The molecular weight excluding hydrogens is 385 g/mol. The molecule has 0 fully saturated rings. The Morgan fingerprint density at radius 3 is 2.55 bits per heavy atom. The maximum atomic E-state index is 12.7. The van der Waals surface area contributed by atoms with Crippen molar-refractivity contribution < 1.29 is 18.3 Å². The van der Waals surface area contributed by atoms with Gasteiger partial charge in [0.2, 0.25) is 0 Å². The molecule has 0 radical (unpaired) electrons. The van der Waals surface area contributed by atoms with Gasteiger partial charge in [0.25, 0.3) is 5.56 Å². The molecule has 22 heavy (non-hydrogen) atoms. The van der Waals surface area contributed by atoms with Gasteiger partial charge in [0, 0.05) is 16.1 Å². The molecule has 4 nitrogen and oxygen atoms in total. The topological polar surface area (TPSA) is 55.1 Å². The van der Waals surface area contributed by atoms with Gasteiger partial charge >= 0.3 is 6.18 Å². The molecule has 0 aliphatic carbocycles. The van der Waals surface area contributed by atoms with Crippen LogP contribution in [0.4, 0.5) is 13.2 Å². The van der Waals surface area contributed by atoms with Gasteiger partial charge in [-0.2, -0.15) is 13.2 Å². The van der Waals surface area contributed by atoms with Crippen LogP contribution in [0.2, 0.25) is 0 Å². The Labute approximate surface area is 135 Å². The number of thioether (sulfide) groups is 1. The predicted molar refractivity (Wildman–Crippen MR) is 77.7 cm³/mol. The highest BCUT2D eigenvalue weighted by Gasteiger charge is 2.43. The Balaban J connectivity index is 2.16. The first-order chi connectivity index (χ1) is 10.2. The molecule has 2 aromatic rings. The quantitative estimate of drug-likeness (QED) is 0.758. The molecule has 9 heteroatoms. The zero-order chi connectivity index (χ0) is 16.1. The normalized spacial score (nSPS) is 21.0. The van der Waals surface area contributed by atoms with Gasteiger partial charge in [-0.15, -0.1) is 0 Å². The second-order valence-corrected chi connectivity index (χ2v) is 6.57. The Hall–Kier alpha value is -1.32. The van der Waals surface area contributed by atoms with E-state index in [4.69, 9.17) is 0 Å². The van der Waals surface area contributed by atoms with Crippen LogP contribution in [0.1, 0.15) is 11.3 Å². The van der Waals surface area contributed by atoms with E-state index in [1.165, 1.54) is 0 Å². The fourth-order valence-electron chi connectivity index (χ4n) is 2.20. The third kappa shape index (κ3) is 2.46. The minimum absolute atomic E-state index is 0.0121. The number of aromatic nitrogens is 2. The van der Waals surface area contributed by atoms with Gasteiger partial charge in [-0.25, -0.2) is 4.98 Å². The number of hydrogen-bond donors (Lipinski definition) is 1. The molecule has 0 amide bonds. The predicted octanol–water partition coefficient (Wildman–Crippen LogP) is 2.82. The van der Waals surface area contributed by atoms with Crippen molar-refractivity contribution in [3.63, 3.8) is 0 Å². The number of nitrogens with zero attached hydrogens (tertiary/aromatic N) is 2. The van der Waals surface area contributed by atoms with Crippen LogP contribution in [-0.4, -0.2) is 20.4 Å². The minimum Gasteiger partial charge on any atom is -0.366 e. The summed E-state index contributed by atoms with van der Waals surface area (Å²) in [4.78, 5) is 15.5. The van der Waals surface area contributed by atoms with Crippen LogP contribution in [0.5, 0.6) is 0 Å². The summed E-state index contributed by atoms with van der Waals surface area (Å²) < 4.78 is 39.8. The summed E-state index contributed by atoms with van der Waals surface area (Å²) in [5, 5.41) is 10.6. The Kier molecular flexibility index (Phi) is 3.61. The molecule has 0 saturated carbocycles.